The van der Waals surface area contributed by atoms with Crippen molar-refractivity contribution in [3.8, 4) is 0 Å². The van der Waals surface area contributed by atoms with Crippen LogP contribution in [-0.4, -0.2) is 26.4 Å². The maximum absolute atomic E-state index is 12.2. The van der Waals surface area contributed by atoms with Gasteiger partial charge in [0.15, 0.2) is 5.16 Å². The van der Waals surface area contributed by atoms with E-state index in [-0.39, 0.29) is 23.4 Å². The Morgan fingerprint density at radius 1 is 1.43 bits per heavy atom. The molecule has 7 heteroatoms. The smallest absolute Gasteiger partial charge is 0.325 e. The summed E-state index contributed by atoms with van der Waals surface area (Å²) in [4.78, 5) is 23.9. The number of amides is 1. The molecule has 0 unspecified atom stereocenters. The van der Waals surface area contributed by atoms with Crippen molar-refractivity contribution in [2.45, 2.75) is 43.8 Å². The predicted octanol–water partition coefficient (Wildman–Crippen LogP) is 2.76. The van der Waals surface area contributed by atoms with E-state index in [1.807, 2.05) is 24.3 Å². The molecule has 6 nitrogen and oxygen atoms in total. The highest BCUT2D eigenvalue weighted by molar-refractivity contribution is 7.99. The molecule has 0 atom stereocenters. The first-order valence-corrected chi connectivity index (χ1v) is 8.73. The Balaban J connectivity index is 1.64. The molecule has 1 fully saturated rings. The Morgan fingerprint density at radius 3 is 2.87 bits per heavy atom. The summed E-state index contributed by atoms with van der Waals surface area (Å²) in [6, 6.07) is 8.05. The van der Waals surface area contributed by atoms with E-state index in [9.17, 15) is 9.59 Å². The molecule has 122 valence electrons. The summed E-state index contributed by atoms with van der Waals surface area (Å²) in [5.41, 5.74) is 1.76. The average molecular weight is 332 g/mol. The molecule has 2 N–H and O–H groups in total. The van der Waals surface area contributed by atoms with E-state index in [4.69, 9.17) is 0 Å². The molecule has 1 aromatic carbocycles. The van der Waals surface area contributed by atoms with Crippen LogP contribution in [0.15, 0.2) is 34.2 Å². The van der Waals surface area contributed by atoms with Crippen LogP contribution in [0, 0.1) is 0 Å². The van der Waals surface area contributed by atoms with E-state index >= 15 is 0 Å². The summed E-state index contributed by atoms with van der Waals surface area (Å²) in [6.45, 7) is 4.19. The number of nitrogens with one attached hydrogen (secondary N) is 2. The number of H-pyrrole nitrogens is 1. The predicted molar refractivity (Wildman–Crippen MR) is 91.0 cm³/mol. The van der Waals surface area contributed by atoms with Crippen molar-refractivity contribution in [3.05, 3.63) is 40.3 Å². The lowest BCUT2D eigenvalue weighted by molar-refractivity contribution is -0.113. The molecule has 1 aromatic heterocycles. The average Bonchev–Trinajstić information content (AvgIpc) is 3.29. The first kappa shape index (κ1) is 15.9. The Labute approximate surface area is 138 Å². The minimum Gasteiger partial charge on any atom is -0.325 e. The molecule has 1 aliphatic rings. The molecule has 0 radical (unpaired) electrons. The second kappa shape index (κ2) is 6.62. The Bertz CT molecular complexity index is 761. The van der Waals surface area contributed by atoms with Gasteiger partial charge in [-0.1, -0.05) is 43.8 Å². The van der Waals surface area contributed by atoms with E-state index in [1.54, 1.807) is 4.57 Å². The molecule has 0 aliphatic heterocycles. The summed E-state index contributed by atoms with van der Waals surface area (Å²) in [7, 11) is 0. The summed E-state index contributed by atoms with van der Waals surface area (Å²) in [5, 5.41) is 10.0. The lowest BCUT2D eigenvalue weighted by Gasteiger charge is -2.13. The van der Waals surface area contributed by atoms with Gasteiger partial charge in [0.25, 0.3) is 0 Å². The topological polar surface area (TPSA) is 79.8 Å². The molecule has 1 saturated carbocycles. The quantitative estimate of drug-likeness (QED) is 0.797. The van der Waals surface area contributed by atoms with Gasteiger partial charge in [0.05, 0.1) is 5.75 Å². The number of aromatic nitrogens is 3. The van der Waals surface area contributed by atoms with Gasteiger partial charge >= 0.3 is 5.69 Å². The van der Waals surface area contributed by atoms with E-state index in [0.29, 0.717) is 11.1 Å². The minimum absolute atomic E-state index is 0.0964. The zero-order chi connectivity index (χ0) is 16.4. The second-order valence-electron chi connectivity index (χ2n) is 5.99. The molecular weight excluding hydrogens is 312 g/mol. The van der Waals surface area contributed by atoms with Gasteiger partial charge in [0, 0.05) is 11.7 Å². The van der Waals surface area contributed by atoms with Crippen LogP contribution in [0.25, 0.3) is 0 Å². The van der Waals surface area contributed by atoms with Gasteiger partial charge in [-0.25, -0.2) is 9.89 Å². The number of thioether (sulfide) groups is 1. The molecule has 1 amide bonds. The summed E-state index contributed by atoms with van der Waals surface area (Å²) < 4.78 is 1.65. The SMILES string of the molecule is CC(C)c1ccccc1NC(=O)CSc1n[nH]c(=O)n1C1CC1. The highest BCUT2D eigenvalue weighted by Gasteiger charge is 2.28. The zero-order valence-corrected chi connectivity index (χ0v) is 14.0. The van der Waals surface area contributed by atoms with Crippen LogP contribution < -0.4 is 11.0 Å². The fraction of sp³-hybridized carbons (Fsp3) is 0.438. The van der Waals surface area contributed by atoms with Crippen LogP contribution in [0.4, 0.5) is 5.69 Å². The van der Waals surface area contributed by atoms with Crippen LogP contribution in [0.2, 0.25) is 0 Å². The van der Waals surface area contributed by atoms with Crippen LogP contribution in [0.3, 0.4) is 0 Å². The van der Waals surface area contributed by atoms with Crippen LogP contribution in [-0.2, 0) is 4.79 Å². The standard InChI is InChI=1S/C16H20N4O2S/c1-10(2)12-5-3-4-6-13(12)17-14(21)9-23-16-19-18-15(22)20(16)11-7-8-11/h3-6,10-11H,7-9H2,1-2H3,(H,17,21)(H,18,22). The third-order valence-corrected chi connectivity index (χ3v) is 4.73. The monoisotopic (exact) mass is 332 g/mol. The van der Waals surface area contributed by atoms with Crippen molar-refractivity contribution in [2.24, 2.45) is 0 Å². The number of anilines is 1. The number of carbonyl (C=O) groups is 1. The summed E-state index contributed by atoms with van der Waals surface area (Å²) >= 11 is 1.29. The largest absolute Gasteiger partial charge is 0.344 e. The number of aromatic amines is 1. The van der Waals surface area contributed by atoms with Gasteiger partial charge < -0.3 is 5.32 Å². The van der Waals surface area contributed by atoms with Crippen molar-refractivity contribution < 1.29 is 4.79 Å². The molecule has 23 heavy (non-hydrogen) atoms. The Hall–Kier alpha value is -2.02. The molecule has 0 bridgehead atoms. The highest BCUT2D eigenvalue weighted by Crippen LogP contribution is 2.36. The molecule has 1 heterocycles. The number of rotatable bonds is 6. The van der Waals surface area contributed by atoms with Crippen molar-refractivity contribution in [1.82, 2.24) is 14.8 Å². The van der Waals surface area contributed by atoms with Gasteiger partial charge in [-0.15, -0.1) is 5.10 Å². The number of hydrogen-bond donors (Lipinski definition) is 2. The van der Waals surface area contributed by atoms with E-state index in [0.717, 1.165) is 24.1 Å². The van der Waals surface area contributed by atoms with Crippen LogP contribution in [0.5, 0.6) is 0 Å². The number of para-hydroxylation sites is 1. The number of hydrogen-bond acceptors (Lipinski definition) is 4. The van der Waals surface area contributed by atoms with Crippen molar-refractivity contribution in [2.75, 3.05) is 11.1 Å². The fourth-order valence-electron chi connectivity index (χ4n) is 2.48. The van der Waals surface area contributed by atoms with Gasteiger partial charge in [0.2, 0.25) is 5.91 Å². The summed E-state index contributed by atoms with van der Waals surface area (Å²) in [6.07, 6.45) is 2.00. The first-order valence-electron chi connectivity index (χ1n) is 7.74. The van der Waals surface area contributed by atoms with Gasteiger partial charge in [-0.2, -0.15) is 0 Å². The van der Waals surface area contributed by atoms with Gasteiger partial charge in [-0.3, -0.25) is 9.36 Å². The Morgan fingerprint density at radius 2 is 2.17 bits per heavy atom. The Kier molecular flexibility index (Phi) is 4.56. The van der Waals surface area contributed by atoms with E-state index in [2.05, 4.69) is 29.4 Å². The zero-order valence-electron chi connectivity index (χ0n) is 13.2. The molecular formula is C16H20N4O2S. The first-order chi connectivity index (χ1) is 11.1. The van der Waals surface area contributed by atoms with Crippen LogP contribution in [0.1, 0.15) is 44.2 Å². The van der Waals surface area contributed by atoms with Crippen molar-refractivity contribution in [3.63, 3.8) is 0 Å². The number of benzene rings is 1. The molecule has 2 aromatic rings. The second-order valence-corrected chi connectivity index (χ2v) is 6.93. The molecule has 0 spiro atoms. The fourth-order valence-corrected chi connectivity index (χ4v) is 3.29. The van der Waals surface area contributed by atoms with E-state index < -0.39 is 0 Å². The maximum Gasteiger partial charge on any atom is 0.344 e. The van der Waals surface area contributed by atoms with E-state index in [1.165, 1.54) is 11.8 Å². The molecule has 3 rings (SSSR count). The third kappa shape index (κ3) is 3.67. The molecule has 1 aliphatic carbocycles. The van der Waals surface area contributed by atoms with Crippen LogP contribution >= 0.6 is 11.8 Å². The molecule has 0 saturated heterocycles. The minimum atomic E-state index is -0.194. The van der Waals surface area contributed by atoms with Crippen molar-refractivity contribution >= 4 is 23.4 Å². The van der Waals surface area contributed by atoms with Gasteiger partial charge in [-0.05, 0) is 30.4 Å². The number of nitrogens with zero attached hydrogens (tertiary/aromatic N) is 2. The number of carbonyl (C=O) groups excluding carboxylic acids is 1. The normalized spacial score (nSPS) is 14.2. The summed E-state index contributed by atoms with van der Waals surface area (Å²) in [5.74, 6) is 0.468. The lowest BCUT2D eigenvalue weighted by Crippen LogP contribution is -2.18. The third-order valence-electron chi connectivity index (χ3n) is 3.77. The maximum atomic E-state index is 12.2. The van der Waals surface area contributed by atoms with Crippen molar-refractivity contribution in [1.29, 1.82) is 0 Å². The van der Waals surface area contributed by atoms with Gasteiger partial charge in [0.1, 0.15) is 0 Å². The lowest BCUT2D eigenvalue weighted by atomic mass is 10.0. The highest BCUT2D eigenvalue weighted by atomic mass is 32.2.